The Morgan fingerprint density at radius 1 is 1.44 bits per heavy atom. The number of hydrogen-bond acceptors (Lipinski definition) is 3. The molecule has 0 saturated carbocycles. The number of amides is 1. The molecule has 2 N–H and O–H groups in total. The van der Waals surface area contributed by atoms with Crippen molar-refractivity contribution < 1.29 is 9.21 Å². The quantitative estimate of drug-likeness (QED) is 0.861. The summed E-state index contributed by atoms with van der Waals surface area (Å²) in [7, 11) is 1.67. The van der Waals surface area contributed by atoms with Gasteiger partial charge >= 0.3 is 0 Å². The van der Waals surface area contributed by atoms with Crippen LogP contribution in [0.15, 0.2) is 34.9 Å². The Bertz CT molecular complexity index is 606. The van der Waals surface area contributed by atoms with Crippen LogP contribution in [0.5, 0.6) is 0 Å². The molecule has 1 unspecified atom stereocenters. The summed E-state index contributed by atoms with van der Waals surface area (Å²) < 4.78 is 5.35. The molecule has 0 spiro atoms. The maximum absolute atomic E-state index is 12.3. The van der Waals surface area contributed by atoms with Gasteiger partial charge in [-0.05, 0) is 13.0 Å². The maximum atomic E-state index is 12.3. The lowest BCUT2D eigenvalue weighted by Gasteiger charge is -2.23. The van der Waals surface area contributed by atoms with Crippen LogP contribution in [0.2, 0.25) is 0 Å². The minimum atomic E-state index is -0.291. The van der Waals surface area contributed by atoms with Gasteiger partial charge in [0.1, 0.15) is 11.8 Å². The molecular weight excluding hydrogens is 248 g/mol. The summed E-state index contributed by atoms with van der Waals surface area (Å²) in [5.41, 5.74) is 6.77. The third kappa shape index (κ3) is 2.09. The summed E-state index contributed by atoms with van der Waals surface area (Å²) in [6, 6.07) is 7.11. The first-order valence-electron chi connectivity index (χ1n) is 5.55. The first-order chi connectivity index (χ1) is 8.52. The molecule has 1 atom stereocenters. The predicted molar refractivity (Wildman–Crippen MR) is 74.6 cm³/mol. The summed E-state index contributed by atoms with van der Waals surface area (Å²) in [6.07, 6.45) is 1.47. The first-order valence-corrected chi connectivity index (χ1v) is 5.96. The third-order valence-electron chi connectivity index (χ3n) is 3.02. The molecule has 94 valence electrons. The minimum Gasteiger partial charge on any atom is -0.463 e. The van der Waals surface area contributed by atoms with Crippen molar-refractivity contribution >= 4 is 34.1 Å². The highest BCUT2D eigenvalue weighted by atomic mass is 32.1. The summed E-state index contributed by atoms with van der Waals surface area (Å²) in [5, 5.41) is 0.796. The van der Waals surface area contributed by atoms with Gasteiger partial charge in [-0.3, -0.25) is 4.79 Å². The van der Waals surface area contributed by atoms with Crippen LogP contribution in [-0.4, -0.2) is 28.9 Å². The van der Waals surface area contributed by atoms with Crippen molar-refractivity contribution in [2.75, 3.05) is 7.05 Å². The topological polar surface area (TPSA) is 59.5 Å². The zero-order chi connectivity index (χ0) is 13.3. The molecular formula is C13H14N2O2S. The van der Waals surface area contributed by atoms with E-state index in [2.05, 4.69) is 0 Å². The van der Waals surface area contributed by atoms with Crippen molar-refractivity contribution in [3.63, 3.8) is 0 Å². The molecule has 18 heavy (non-hydrogen) atoms. The summed E-state index contributed by atoms with van der Waals surface area (Å²) in [5.74, 6) is -0.153. The fraction of sp³-hybridized carbons (Fsp3) is 0.231. The van der Waals surface area contributed by atoms with Crippen LogP contribution < -0.4 is 5.73 Å². The average Bonchev–Trinajstić information content (AvgIpc) is 2.79. The van der Waals surface area contributed by atoms with E-state index in [1.807, 2.05) is 24.3 Å². The van der Waals surface area contributed by atoms with Crippen LogP contribution >= 0.6 is 12.2 Å². The molecule has 0 radical (unpaired) electrons. The second-order valence-electron chi connectivity index (χ2n) is 4.14. The number of para-hydroxylation sites is 1. The highest BCUT2D eigenvalue weighted by Crippen LogP contribution is 2.22. The van der Waals surface area contributed by atoms with Crippen molar-refractivity contribution in [3.05, 3.63) is 36.1 Å². The predicted octanol–water partition coefficient (Wildman–Crippen LogP) is 2.18. The van der Waals surface area contributed by atoms with E-state index in [4.69, 9.17) is 22.4 Å². The number of carbonyl (C=O) groups is 1. The zero-order valence-corrected chi connectivity index (χ0v) is 11.0. The zero-order valence-electron chi connectivity index (χ0n) is 10.2. The normalized spacial score (nSPS) is 12.3. The van der Waals surface area contributed by atoms with Gasteiger partial charge in [-0.25, -0.2) is 0 Å². The van der Waals surface area contributed by atoms with E-state index in [0.29, 0.717) is 16.1 Å². The van der Waals surface area contributed by atoms with Crippen molar-refractivity contribution in [2.45, 2.75) is 13.0 Å². The Hall–Kier alpha value is -1.88. The fourth-order valence-electron chi connectivity index (χ4n) is 1.70. The lowest BCUT2D eigenvalue weighted by atomic mass is 10.1. The summed E-state index contributed by atoms with van der Waals surface area (Å²) in [6.45, 7) is 1.79. The number of carbonyl (C=O) groups excluding carboxylic acids is 1. The highest BCUT2D eigenvalue weighted by Gasteiger charge is 2.22. The molecule has 0 aliphatic heterocycles. The number of nitrogens with two attached hydrogens (primary N) is 1. The molecule has 1 heterocycles. The van der Waals surface area contributed by atoms with Gasteiger partial charge in [-0.15, -0.1) is 0 Å². The van der Waals surface area contributed by atoms with Gasteiger partial charge in [-0.1, -0.05) is 30.4 Å². The summed E-state index contributed by atoms with van der Waals surface area (Å²) in [4.78, 5) is 14.1. The van der Waals surface area contributed by atoms with E-state index in [-0.39, 0.29) is 11.9 Å². The molecule has 2 rings (SSSR count). The molecule has 0 aliphatic carbocycles. The number of nitrogens with zero attached hydrogens (tertiary/aromatic N) is 1. The van der Waals surface area contributed by atoms with Crippen LogP contribution in [0, 0.1) is 0 Å². The van der Waals surface area contributed by atoms with Crippen molar-refractivity contribution in [2.24, 2.45) is 5.73 Å². The smallest absolute Gasteiger partial charge is 0.258 e. The molecule has 0 fully saturated rings. The second kappa shape index (κ2) is 4.78. The Balaban J connectivity index is 2.37. The third-order valence-corrected chi connectivity index (χ3v) is 3.37. The lowest BCUT2D eigenvalue weighted by molar-refractivity contribution is 0.0780. The van der Waals surface area contributed by atoms with Gasteiger partial charge in [-0.2, -0.15) is 0 Å². The van der Waals surface area contributed by atoms with Crippen LogP contribution in [0.1, 0.15) is 17.3 Å². The molecule has 0 bridgehead atoms. The molecule has 0 saturated heterocycles. The largest absolute Gasteiger partial charge is 0.463 e. The highest BCUT2D eigenvalue weighted by molar-refractivity contribution is 7.80. The molecule has 5 heteroatoms. The number of rotatable bonds is 3. The van der Waals surface area contributed by atoms with Gasteiger partial charge in [0.2, 0.25) is 0 Å². The minimum absolute atomic E-state index is 0.153. The Labute approximate surface area is 110 Å². The molecule has 2 aromatic rings. The molecule has 1 aromatic heterocycles. The van der Waals surface area contributed by atoms with Crippen LogP contribution in [0.25, 0.3) is 11.0 Å². The maximum Gasteiger partial charge on any atom is 0.258 e. The van der Waals surface area contributed by atoms with E-state index in [9.17, 15) is 4.79 Å². The number of hydrogen-bond donors (Lipinski definition) is 1. The summed E-state index contributed by atoms with van der Waals surface area (Å²) >= 11 is 4.90. The van der Waals surface area contributed by atoms with Crippen molar-refractivity contribution in [1.29, 1.82) is 0 Å². The van der Waals surface area contributed by atoms with Crippen LogP contribution in [0.3, 0.4) is 0 Å². The van der Waals surface area contributed by atoms with E-state index >= 15 is 0 Å². The van der Waals surface area contributed by atoms with E-state index in [1.165, 1.54) is 11.2 Å². The number of benzene rings is 1. The van der Waals surface area contributed by atoms with Gasteiger partial charge in [0.05, 0.1) is 16.6 Å². The molecule has 4 nitrogen and oxygen atoms in total. The Morgan fingerprint density at radius 2 is 2.11 bits per heavy atom. The van der Waals surface area contributed by atoms with Gasteiger partial charge in [0.15, 0.2) is 0 Å². The van der Waals surface area contributed by atoms with Crippen LogP contribution in [-0.2, 0) is 0 Å². The Morgan fingerprint density at radius 3 is 2.78 bits per heavy atom. The van der Waals surface area contributed by atoms with Gasteiger partial charge < -0.3 is 15.1 Å². The number of furan rings is 1. The van der Waals surface area contributed by atoms with Crippen LogP contribution in [0.4, 0.5) is 0 Å². The van der Waals surface area contributed by atoms with Gasteiger partial charge in [0, 0.05) is 12.4 Å². The lowest BCUT2D eigenvalue weighted by Crippen LogP contribution is -2.42. The Kier molecular flexibility index (Phi) is 3.34. The number of likely N-dealkylation sites (N-methyl/N-ethyl adjacent to an activating group) is 1. The number of thiocarbonyl (C=S) groups is 1. The van der Waals surface area contributed by atoms with Crippen molar-refractivity contribution in [3.8, 4) is 0 Å². The van der Waals surface area contributed by atoms with E-state index < -0.39 is 0 Å². The van der Waals surface area contributed by atoms with Gasteiger partial charge in [0.25, 0.3) is 5.91 Å². The second-order valence-corrected chi connectivity index (χ2v) is 4.61. The standard InChI is InChI=1S/C13H14N2O2S/c1-8(12(14)18)15(2)13(16)10-7-17-11-6-4-3-5-9(10)11/h3-8H,1-2H3,(H2,14,18). The average molecular weight is 262 g/mol. The van der Waals surface area contributed by atoms with E-state index in [0.717, 1.165) is 5.39 Å². The molecule has 1 amide bonds. The van der Waals surface area contributed by atoms with Crippen molar-refractivity contribution in [1.82, 2.24) is 4.90 Å². The molecule has 1 aromatic carbocycles. The number of fused-ring (bicyclic) bond motifs is 1. The van der Waals surface area contributed by atoms with E-state index in [1.54, 1.807) is 14.0 Å². The molecule has 0 aliphatic rings. The fourth-order valence-corrected chi connectivity index (χ4v) is 1.86. The SMILES string of the molecule is CC(C(N)=S)N(C)C(=O)c1coc2ccccc12. The monoisotopic (exact) mass is 262 g/mol. The first kappa shape index (κ1) is 12.6.